The van der Waals surface area contributed by atoms with E-state index in [2.05, 4.69) is 5.10 Å². The monoisotopic (exact) mass is 347 g/mol. The zero-order valence-electron chi connectivity index (χ0n) is 15.5. The van der Waals surface area contributed by atoms with Crippen LogP contribution in [-0.2, 0) is 9.53 Å². The van der Waals surface area contributed by atoms with E-state index in [1.165, 1.54) is 7.11 Å². The van der Waals surface area contributed by atoms with Crippen LogP contribution in [0.5, 0.6) is 0 Å². The summed E-state index contributed by atoms with van der Waals surface area (Å²) in [4.78, 5) is 26.7. The van der Waals surface area contributed by atoms with E-state index in [4.69, 9.17) is 4.74 Å². The highest BCUT2D eigenvalue weighted by molar-refractivity contribution is 6.37. The molecule has 0 saturated carbocycles. The average molecular weight is 347 g/mol. The highest BCUT2D eigenvalue weighted by Crippen LogP contribution is 2.41. The van der Waals surface area contributed by atoms with Crippen LogP contribution >= 0.6 is 0 Å². The van der Waals surface area contributed by atoms with E-state index in [-0.39, 0.29) is 12.1 Å². The minimum absolute atomic E-state index is 0.0261. The van der Waals surface area contributed by atoms with E-state index in [0.717, 1.165) is 10.7 Å². The molecule has 1 aliphatic rings. The number of carbonyl (C=O) groups excluding carboxylic acids is 2. The first-order chi connectivity index (χ1) is 11.5. The van der Waals surface area contributed by atoms with Crippen LogP contribution in [0, 0.1) is 5.41 Å². The normalized spacial score (nSPS) is 20.3. The number of hydrogen-bond acceptors (Lipinski definition) is 6. The molecule has 0 saturated heterocycles. The van der Waals surface area contributed by atoms with Crippen molar-refractivity contribution in [2.45, 2.75) is 32.9 Å². The van der Waals surface area contributed by atoms with Crippen LogP contribution in [0.3, 0.4) is 0 Å². The molecule has 0 spiro atoms. The first-order valence-corrected chi connectivity index (χ1v) is 8.01. The molecular formula is C18H25N3O4. The van der Waals surface area contributed by atoms with Gasteiger partial charge in [-0.3, -0.25) is 4.79 Å². The fourth-order valence-electron chi connectivity index (χ4n) is 2.60. The maximum atomic E-state index is 12.9. The summed E-state index contributed by atoms with van der Waals surface area (Å²) in [5.41, 5.74) is -0.983. The van der Waals surface area contributed by atoms with Crippen LogP contribution in [0.2, 0.25) is 0 Å². The van der Waals surface area contributed by atoms with Gasteiger partial charge >= 0.3 is 5.97 Å². The minimum Gasteiger partial charge on any atom is -0.464 e. The SMILES string of the molecule is COC(=O)C1=NN(C(=O)c2ccc(N(C)C)cc2)[C@@](O)(C(C)(C)C)C1. The van der Waals surface area contributed by atoms with E-state index in [1.54, 1.807) is 32.9 Å². The van der Waals surface area contributed by atoms with E-state index in [1.807, 2.05) is 31.1 Å². The smallest absolute Gasteiger partial charge is 0.354 e. The summed E-state index contributed by atoms with van der Waals surface area (Å²) < 4.78 is 4.69. The Balaban J connectivity index is 2.42. The largest absolute Gasteiger partial charge is 0.464 e. The zero-order valence-corrected chi connectivity index (χ0v) is 15.5. The molecule has 7 heteroatoms. The Bertz CT molecular complexity index is 704. The molecule has 1 N–H and O–H groups in total. The van der Waals surface area contributed by atoms with Gasteiger partial charge in [-0.05, 0) is 24.3 Å². The lowest BCUT2D eigenvalue weighted by molar-refractivity contribution is -0.144. The Morgan fingerprint density at radius 3 is 2.24 bits per heavy atom. The fourth-order valence-corrected chi connectivity index (χ4v) is 2.60. The molecule has 2 rings (SSSR count). The average Bonchev–Trinajstić information content (AvgIpc) is 2.92. The summed E-state index contributed by atoms with van der Waals surface area (Å²) in [7, 11) is 5.05. The van der Waals surface area contributed by atoms with E-state index in [0.29, 0.717) is 5.56 Å². The summed E-state index contributed by atoms with van der Waals surface area (Å²) in [6, 6.07) is 6.97. The molecule has 1 aliphatic heterocycles. The second-order valence-corrected chi connectivity index (χ2v) is 7.34. The van der Waals surface area contributed by atoms with Gasteiger partial charge in [-0.25, -0.2) is 4.79 Å². The van der Waals surface area contributed by atoms with Crippen molar-refractivity contribution < 1.29 is 19.4 Å². The number of methoxy groups -OCH3 is 1. The number of nitrogens with zero attached hydrogens (tertiary/aromatic N) is 3. The fraction of sp³-hybridized carbons (Fsp3) is 0.500. The topological polar surface area (TPSA) is 82.4 Å². The third kappa shape index (κ3) is 3.37. The van der Waals surface area contributed by atoms with Crippen molar-refractivity contribution in [2.24, 2.45) is 10.5 Å². The molecule has 0 unspecified atom stereocenters. The lowest BCUT2D eigenvalue weighted by Crippen LogP contribution is -2.55. The maximum absolute atomic E-state index is 12.9. The molecule has 0 radical (unpaired) electrons. The number of ether oxygens (including phenoxy) is 1. The van der Waals surface area contributed by atoms with Crippen molar-refractivity contribution in [2.75, 3.05) is 26.1 Å². The van der Waals surface area contributed by atoms with Gasteiger partial charge in [0.05, 0.1) is 7.11 Å². The first kappa shape index (κ1) is 18.9. The molecule has 0 fully saturated rings. The van der Waals surface area contributed by atoms with Gasteiger partial charge in [0.2, 0.25) is 0 Å². The molecule has 7 nitrogen and oxygen atoms in total. The maximum Gasteiger partial charge on any atom is 0.354 e. The number of esters is 1. The third-order valence-corrected chi connectivity index (χ3v) is 4.43. The number of benzene rings is 1. The van der Waals surface area contributed by atoms with E-state index >= 15 is 0 Å². The third-order valence-electron chi connectivity index (χ3n) is 4.43. The highest BCUT2D eigenvalue weighted by Gasteiger charge is 2.54. The molecule has 25 heavy (non-hydrogen) atoms. The van der Waals surface area contributed by atoms with Crippen LogP contribution in [0.25, 0.3) is 0 Å². The standard InChI is InChI=1S/C18H25N3O4/c1-17(2,3)18(24)11-14(16(23)25-6)19-21(18)15(22)12-7-9-13(10-8-12)20(4)5/h7-10,24H,11H2,1-6H3/t18-/m0/s1. The van der Waals surface area contributed by atoms with Gasteiger partial charge in [0.25, 0.3) is 5.91 Å². The molecule has 136 valence electrons. The Labute approximate surface area is 147 Å². The van der Waals surface area contributed by atoms with Crippen molar-refractivity contribution >= 4 is 23.3 Å². The van der Waals surface area contributed by atoms with Crippen molar-refractivity contribution in [3.05, 3.63) is 29.8 Å². The van der Waals surface area contributed by atoms with Gasteiger partial charge in [-0.15, -0.1) is 0 Å². The molecule has 1 aromatic rings. The molecule has 0 bridgehead atoms. The van der Waals surface area contributed by atoms with Crippen LogP contribution in [0.1, 0.15) is 37.6 Å². The summed E-state index contributed by atoms with van der Waals surface area (Å²) in [6.07, 6.45) is -0.0787. The van der Waals surface area contributed by atoms with Gasteiger partial charge < -0.3 is 14.7 Å². The Morgan fingerprint density at radius 2 is 1.80 bits per heavy atom. The quantitative estimate of drug-likeness (QED) is 0.844. The number of anilines is 1. The molecule has 0 aromatic heterocycles. The lowest BCUT2D eigenvalue weighted by atomic mass is 9.80. The number of hydrogen-bond donors (Lipinski definition) is 1. The Kier molecular flexibility index (Phi) is 4.90. The summed E-state index contributed by atoms with van der Waals surface area (Å²) >= 11 is 0. The number of aliphatic hydroxyl groups is 1. The predicted molar refractivity (Wildman–Crippen MR) is 95.4 cm³/mol. The zero-order chi connectivity index (χ0) is 19.0. The van der Waals surface area contributed by atoms with E-state index < -0.39 is 23.0 Å². The van der Waals surface area contributed by atoms with Gasteiger partial charge in [0.15, 0.2) is 11.4 Å². The van der Waals surface area contributed by atoms with E-state index in [9.17, 15) is 14.7 Å². The summed E-state index contributed by atoms with van der Waals surface area (Å²) in [6.45, 7) is 5.37. The Morgan fingerprint density at radius 1 is 1.24 bits per heavy atom. The number of rotatable bonds is 3. The van der Waals surface area contributed by atoms with Crippen molar-refractivity contribution in [3.63, 3.8) is 0 Å². The number of carbonyl (C=O) groups is 2. The number of hydrazone groups is 1. The van der Waals surface area contributed by atoms with Crippen LogP contribution in [0.15, 0.2) is 29.4 Å². The molecule has 1 amide bonds. The first-order valence-electron chi connectivity index (χ1n) is 8.01. The molecule has 0 aliphatic carbocycles. The number of amides is 1. The van der Waals surface area contributed by atoms with Crippen molar-refractivity contribution in [1.29, 1.82) is 0 Å². The van der Waals surface area contributed by atoms with Crippen molar-refractivity contribution in [1.82, 2.24) is 5.01 Å². The van der Waals surface area contributed by atoms with Crippen LogP contribution in [-0.4, -0.2) is 54.6 Å². The summed E-state index contributed by atoms with van der Waals surface area (Å²) in [5.74, 6) is -1.12. The van der Waals surface area contributed by atoms with Gasteiger partial charge in [-0.2, -0.15) is 10.1 Å². The predicted octanol–water partition coefficient (Wildman–Crippen LogP) is 1.86. The minimum atomic E-state index is -1.62. The van der Waals surface area contributed by atoms with Gasteiger partial charge in [0.1, 0.15) is 0 Å². The molecule has 1 heterocycles. The van der Waals surface area contributed by atoms with Gasteiger partial charge in [-0.1, -0.05) is 20.8 Å². The molecular weight excluding hydrogens is 322 g/mol. The molecule has 1 atom stereocenters. The van der Waals surface area contributed by atoms with Gasteiger partial charge in [0, 0.05) is 37.2 Å². The van der Waals surface area contributed by atoms with Crippen molar-refractivity contribution in [3.8, 4) is 0 Å². The Hall–Kier alpha value is -2.41. The molecule has 1 aromatic carbocycles. The second-order valence-electron chi connectivity index (χ2n) is 7.34. The van der Waals surface area contributed by atoms with Crippen LogP contribution < -0.4 is 4.90 Å². The highest BCUT2D eigenvalue weighted by atomic mass is 16.5. The lowest BCUT2D eigenvalue weighted by Gasteiger charge is -2.41. The summed E-state index contributed by atoms with van der Waals surface area (Å²) in [5, 5.41) is 16.2. The van der Waals surface area contributed by atoms with Crippen LogP contribution in [0.4, 0.5) is 5.69 Å². The second kappa shape index (κ2) is 6.48.